The topological polar surface area (TPSA) is 76.2 Å². The van der Waals surface area contributed by atoms with Crippen molar-refractivity contribution in [1.82, 2.24) is 4.98 Å². The summed E-state index contributed by atoms with van der Waals surface area (Å²) >= 11 is 5.17. The molecule has 0 unspecified atom stereocenters. The number of aromatic amines is 1. The van der Waals surface area contributed by atoms with E-state index in [0.29, 0.717) is 10.9 Å². The highest BCUT2D eigenvalue weighted by Gasteiger charge is 2.20. The van der Waals surface area contributed by atoms with Crippen molar-refractivity contribution in [3.8, 4) is 5.75 Å². The average Bonchev–Trinajstić information content (AvgIpc) is 2.72. The standard InChI is InChI=1S/C12H8ClNO4/c1-6(15)18-9-4-2-3-8-10(9)7(5-14-8)11(16)12(13)17/h2-5,14H,1H3. The summed E-state index contributed by atoms with van der Waals surface area (Å²) in [6.45, 7) is 1.25. The highest BCUT2D eigenvalue weighted by atomic mass is 35.5. The van der Waals surface area contributed by atoms with Crippen molar-refractivity contribution in [2.75, 3.05) is 0 Å². The van der Waals surface area contributed by atoms with E-state index >= 15 is 0 Å². The predicted molar refractivity (Wildman–Crippen MR) is 64.8 cm³/mol. The van der Waals surface area contributed by atoms with Crippen molar-refractivity contribution >= 4 is 39.5 Å². The second kappa shape index (κ2) is 4.62. The molecule has 0 bridgehead atoms. The van der Waals surface area contributed by atoms with Gasteiger partial charge < -0.3 is 9.72 Å². The van der Waals surface area contributed by atoms with Crippen LogP contribution >= 0.6 is 11.6 Å². The zero-order valence-corrected chi connectivity index (χ0v) is 10.1. The van der Waals surface area contributed by atoms with Crippen LogP contribution in [0.1, 0.15) is 17.3 Å². The van der Waals surface area contributed by atoms with E-state index in [4.69, 9.17) is 16.3 Å². The molecule has 1 heterocycles. The first-order chi connectivity index (χ1) is 8.50. The van der Waals surface area contributed by atoms with Crippen molar-refractivity contribution in [2.24, 2.45) is 0 Å². The predicted octanol–water partition coefficient (Wildman–Crippen LogP) is 2.04. The minimum atomic E-state index is -1.09. The number of halogens is 1. The van der Waals surface area contributed by atoms with Gasteiger partial charge in [-0.1, -0.05) is 6.07 Å². The molecule has 0 aliphatic heterocycles. The van der Waals surface area contributed by atoms with Crippen LogP contribution in [0, 0.1) is 0 Å². The van der Waals surface area contributed by atoms with Gasteiger partial charge in [0.2, 0.25) is 5.78 Å². The molecule has 92 valence electrons. The number of aromatic nitrogens is 1. The quantitative estimate of drug-likeness (QED) is 0.303. The molecule has 0 spiro atoms. The smallest absolute Gasteiger partial charge is 0.308 e. The Bertz CT molecular complexity index is 659. The minimum absolute atomic E-state index is 0.0850. The largest absolute Gasteiger partial charge is 0.426 e. The van der Waals surface area contributed by atoms with Gasteiger partial charge in [0.15, 0.2) is 0 Å². The molecule has 0 aliphatic carbocycles. The SMILES string of the molecule is CC(=O)Oc1cccc2[nH]cc(C(=O)C(=O)Cl)c12. The van der Waals surface area contributed by atoms with Gasteiger partial charge in [-0.15, -0.1) is 0 Å². The van der Waals surface area contributed by atoms with Gasteiger partial charge >= 0.3 is 5.97 Å². The Morgan fingerprint density at radius 1 is 1.28 bits per heavy atom. The number of fused-ring (bicyclic) bond motifs is 1. The molecule has 1 N–H and O–H groups in total. The fourth-order valence-corrected chi connectivity index (χ4v) is 1.78. The van der Waals surface area contributed by atoms with Crippen molar-refractivity contribution < 1.29 is 19.1 Å². The number of hydrogen-bond acceptors (Lipinski definition) is 4. The summed E-state index contributed by atoms with van der Waals surface area (Å²) < 4.78 is 4.99. The fraction of sp³-hybridized carbons (Fsp3) is 0.0833. The minimum Gasteiger partial charge on any atom is -0.426 e. The first kappa shape index (κ1) is 12.3. The number of rotatable bonds is 3. The van der Waals surface area contributed by atoms with E-state index in [2.05, 4.69) is 4.98 Å². The van der Waals surface area contributed by atoms with Crippen LogP contribution in [0.25, 0.3) is 10.9 Å². The number of nitrogens with one attached hydrogen (secondary N) is 1. The summed E-state index contributed by atoms with van der Waals surface area (Å²) in [6.07, 6.45) is 1.36. The normalized spacial score (nSPS) is 10.3. The molecule has 5 nitrogen and oxygen atoms in total. The van der Waals surface area contributed by atoms with E-state index in [1.54, 1.807) is 12.1 Å². The third-order valence-electron chi connectivity index (χ3n) is 2.34. The number of H-pyrrole nitrogens is 1. The maximum Gasteiger partial charge on any atom is 0.308 e. The molecule has 0 saturated carbocycles. The molecule has 18 heavy (non-hydrogen) atoms. The number of benzene rings is 1. The Hall–Kier alpha value is -2.14. The Kier molecular flexibility index (Phi) is 3.16. The maximum absolute atomic E-state index is 11.6. The van der Waals surface area contributed by atoms with Crippen LogP contribution in [0.3, 0.4) is 0 Å². The molecular weight excluding hydrogens is 258 g/mol. The lowest BCUT2D eigenvalue weighted by Gasteiger charge is -2.03. The van der Waals surface area contributed by atoms with E-state index < -0.39 is 17.0 Å². The molecule has 2 rings (SSSR count). The third kappa shape index (κ3) is 2.12. The van der Waals surface area contributed by atoms with Gasteiger partial charge in [0.25, 0.3) is 5.24 Å². The molecule has 0 amide bonds. The van der Waals surface area contributed by atoms with Crippen LogP contribution in [0.2, 0.25) is 0 Å². The van der Waals surface area contributed by atoms with Gasteiger partial charge in [-0.05, 0) is 23.7 Å². The molecule has 0 fully saturated rings. The van der Waals surface area contributed by atoms with E-state index in [1.807, 2.05) is 0 Å². The molecule has 1 aromatic carbocycles. The summed E-state index contributed by atoms with van der Waals surface area (Å²) in [4.78, 5) is 36.3. The Morgan fingerprint density at radius 3 is 2.61 bits per heavy atom. The highest BCUT2D eigenvalue weighted by molar-refractivity contribution is 6.83. The molecule has 0 saturated heterocycles. The lowest BCUT2D eigenvalue weighted by molar-refractivity contribution is -0.131. The van der Waals surface area contributed by atoms with Crippen molar-refractivity contribution in [3.05, 3.63) is 30.0 Å². The number of esters is 1. The number of ketones is 1. The summed E-state index contributed by atoms with van der Waals surface area (Å²) in [5.41, 5.74) is 0.664. The summed E-state index contributed by atoms with van der Waals surface area (Å²) in [7, 11) is 0. The lowest BCUT2D eigenvalue weighted by atomic mass is 10.1. The van der Waals surface area contributed by atoms with Crippen LogP contribution in [-0.4, -0.2) is 22.0 Å². The third-order valence-corrected chi connectivity index (χ3v) is 2.52. The molecule has 6 heteroatoms. The van der Waals surface area contributed by atoms with Crippen LogP contribution < -0.4 is 4.74 Å². The van der Waals surface area contributed by atoms with Gasteiger partial charge in [0.05, 0.1) is 10.9 Å². The van der Waals surface area contributed by atoms with Gasteiger partial charge in [0.1, 0.15) is 5.75 Å². The van der Waals surface area contributed by atoms with Gasteiger partial charge in [-0.25, -0.2) is 0 Å². The number of carbonyl (C=O) groups excluding carboxylic acids is 3. The van der Waals surface area contributed by atoms with Crippen molar-refractivity contribution in [2.45, 2.75) is 6.92 Å². The number of ether oxygens (including phenoxy) is 1. The van der Waals surface area contributed by atoms with Crippen LogP contribution in [-0.2, 0) is 9.59 Å². The molecule has 0 aliphatic rings. The molecular formula is C12H8ClNO4. The van der Waals surface area contributed by atoms with Crippen LogP contribution in [0.4, 0.5) is 0 Å². The Labute approximate surface area is 107 Å². The van der Waals surface area contributed by atoms with E-state index in [0.717, 1.165) is 0 Å². The molecule has 2 aromatic rings. The van der Waals surface area contributed by atoms with E-state index in [9.17, 15) is 14.4 Å². The summed E-state index contributed by atoms with van der Waals surface area (Å²) in [5.74, 6) is -1.15. The maximum atomic E-state index is 11.6. The zero-order valence-electron chi connectivity index (χ0n) is 9.32. The van der Waals surface area contributed by atoms with Crippen molar-refractivity contribution in [3.63, 3.8) is 0 Å². The van der Waals surface area contributed by atoms with Gasteiger partial charge in [-0.2, -0.15) is 0 Å². The number of carbonyl (C=O) groups is 3. The van der Waals surface area contributed by atoms with Gasteiger partial charge in [-0.3, -0.25) is 14.4 Å². The molecule has 0 atom stereocenters. The first-order valence-corrected chi connectivity index (χ1v) is 5.41. The number of Topliss-reactive ketones (excluding diaryl/α,β-unsaturated/α-hetero) is 1. The summed E-state index contributed by atoms with van der Waals surface area (Å²) in [5, 5.41) is -0.722. The molecule has 1 aromatic heterocycles. The first-order valence-electron chi connectivity index (χ1n) is 5.03. The number of hydrogen-bond donors (Lipinski definition) is 1. The average molecular weight is 266 g/mol. The fourth-order valence-electron chi connectivity index (χ4n) is 1.68. The second-order valence-electron chi connectivity index (χ2n) is 3.58. The van der Waals surface area contributed by atoms with Crippen molar-refractivity contribution in [1.29, 1.82) is 0 Å². The van der Waals surface area contributed by atoms with Crippen LogP contribution in [0.15, 0.2) is 24.4 Å². The summed E-state index contributed by atoms with van der Waals surface area (Å²) in [6, 6.07) is 4.89. The molecule has 0 radical (unpaired) electrons. The monoisotopic (exact) mass is 265 g/mol. The lowest BCUT2D eigenvalue weighted by Crippen LogP contribution is -2.08. The van der Waals surface area contributed by atoms with E-state index in [-0.39, 0.29) is 11.3 Å². The highest BCUT2D eigenvalue weighted by Crippen LogP contribution is 2.29. The zero-order chi connectivity index (χ0) is 13.3. The van der Waals surface area contributed by atoms with Crippen LogP contribution in [0.5, 0.6) is 5.75 Å². The Balaban J connectivity index is 2.65. The second-order valence-corrected chi connectivity index (χ2v) is 3.92. The Morgan fingerprint density at radius 2 is 2.00 bits per heavy atom. The van der Waals surface area contributed by atoms with Gasteiger partial charge in [0, 0.05) is 18.6 Å². The van der Waals surface area contributed by atoms with E-state index in [1.165, 1.54) is 19.2 Å².